The third-order valence-electron chi connectivity index (χ3n) is 2.26. The predicted molar refractivity (Wildman–Crippen MR) is 56.7 cm³/mol. The Morgan fingerprint density at radius 3 is 3.08 bits per heavy atom. The van der Waals surface area contributed by atoms with E-state index in [9.17, 15) is 0 Å². The average Bonchev–Trinajstić information content (AvgIpc) is 2.59. The van der Waals surface area contributed by atoms with Crippen LogP contribution in [0.25, 0.3) is 0 Å². The summed E-state index contributed by atoms with van der Waals surface area (Å²) in [6.45, 7) is 3.24. The maximum Gasteiger partial charge on any atom is 0.121 e. The average molecular weight is 195 g/mol. The predicted octanol–water partition coefficient (Wildman–Crippen LogP) is 2.58. The van der Waals surface area contributed by atoms with Gasteiger partial charge in [-0.05, 0) is 19.1 Å². The Balaban J connectivity index is 2.37. The molecule has 0 amide bonds. The van der Waals surface area contributed by atoms with Gasteiger partial charge in [0, 0.05) is 17.5 Å². The maximum atomic E-state index is 5.20. The van der Waals surface area contributed by atoms with Crippen LogP contribution >= 0.6 is 11.8 Å². The van der Waals surface area contributed by atoms with Crippen LogP contribution in [0.1, 0.15) is 6.92 Å². The number of rotatable bonds is 2. The van der Waals surface area contributed by atoms with E-state index in [1.54, 1.807) is 7.11 Å². The summed E-state index contributed by atoms with van der Waals surface area (Å²) in [6.07, 6.45) is 0. The Kier molecular flexibility index (Phi) is 2.36. The zero-order valence-electron chi connectivity index (χ0n) is 7.91. The Morgan fingerprint density at radius 2 is 2.38 bits per heavy atom. The summed E-state index contributed by atoms with van der Waals surface area (Å²) < 4.78 is 5.20. The number of fused-ring (bicyclic) bond motifs is 1. The van der Waals surface area contributed by atoms with E-state index in [-0.39, 0.29) is 0 Å². The lowest BCUT2D eigenvalue weighted by atomic mass is 10.3. The minimum absolute atomic E-state index is 0.944. The SMILES string of the molecule is CCN1CSc2ccc(OC)cc21. The van der Waals surface area contributed by atoms with E-state index in [1.807, 2.05) is 17.8 Å². The second-order valence-electron chi connectivity index (χ2n) is 2.96. The zero-order valence-corrected chi connectivity index (χ0v) is 8.73. The minimum Gasteiger partial charge on any atom is -0.497 e. The third-order valence-corrected chi connectivity index (χ3v) is 3.36. The summed E-state index contributed by atoms with van der Waals surface area (Å²) in [6, 6.07) is 6.26. The van der Waals surface area contributed by atoms with Crippen molar-refractivity contribution < 1.29 is 4.74 Å². The van der Waals surface area contributed by atoms with Gasteiger partial charge in [-0.1, -0.05) is 0 Å². The third kappa shape index (κ3) is 1.48. The highest BCUT2D eigenvalue weighted by molar-refractivity contribution is 7.99. The number of ether oxygens (including phenoxy) is 1. The Morgan fingerprint density at radius 1 is 1.54 bits per heavy atom. The maximum absolute atomic E-state index is 5.20. The molecule has 0 atom stereocenters. The zero-order chi connectivity index (χ0) is 9.26. The number of hydrogen-bond acceptors (Lipinski definition) is 3. The highest BCUT2D eigenvalue weighted by Gasteiger charge is 2.18. The first-order valence-electron chi connectivity index (χ1n) is 4.41. The van der Waals surface area contributed by atoms with Crippen molar-refractivity contribution >= 4 is 17.4 Å². The molecule has 0 bridgehead atoms. The molecule has 1 aromatic carbocycles. The number of hydrogen-bond donors (Lipinski definition) is 0. The highest BCUT2D eigenvalue weighted by Crippen LogP contribution is 2.40. The van der Waals surface area contributed by atoms with Crippen LogP contribution in [0.2, 0.25) is 0 Å². The van der Waals surface area contributed by atoms with Crippen molar-refractivity contribution in [3.05, 3.63) is 18.2 Å². The van der Waals surface area contributed by atoms with E-state index in [1.165, 1.54) is 10.6 Å². The molecule has 0 radical (unpaired) electrons. The van der Waals surface area contributed by atoms with Gasteiger partial charge < -0.3 is 9.64 Å². The summed E-state index contributed by atoms with van der Waals surface area (Å²) in [7, 11) is 1.71. The summed E-state index contributed by atoms with van der Waals surface area (Å²) in [5.74, 6) is 2.01. The molecule has 1 aromatic rings. The van der Waals surface area contributed by atoms with Gasteiger partial charge in [0.1, 0.15) is 5.75 Å². The quantitative estimate of drug-likeness (QED) is 0.719. The van der Waals surface area contributed by atoms with Crippen LogP contribution in [0.15, 0.2) is 23.1 Å². The van der Waals surface area contributed by atoms with Crippen LogP contribution in [0.3, 0.4) is 0 Å². The number of benzene rings is 1. The summed E-state index contributed by atoms with van der Waals surface area (Å²) in [5, 5.41) is 0. The lowest BCUT2D eigenvalue weighted by Gasteiger charge is -2.15. The lowest BCUT2D eigenvalue weighted by molar-refractivity contribution is 0.414. The van der Waals surface area contributed by atoms with Crippen molar-refractivity contribution in [2.24, 2.45) is 0 Å². The topological polar surface area (TPSA) is 12.5 Å². The second-order valence-corrected chi connectivity index (χ2v) is 3.95. The van der Waals surface area contributed by atoms with E-state index in [0.717, 1.165) is 18.2 Å². The Hall–Kier alpha value is -0.830. The van der Waals surface area contributed by atoms with Crippen molar-refractivity contribution in [3.63, 3.8) is 0 Å². The van der Waals surface area contributed by atoms with Gasteiger partial charge in [0.25, 0.3) is 0 Å². The van der Waals surface area contributed by atoms with E-state index in [0.29, 0.717) is 0 Å². The van der Waals surface area contributed by atoms with Crippen LogP contribution in [-0.2, 0) is 0 Å². The van der Waals surface area contributed by atoms with Crippen molar-refractivity contribution in [1.29, 1.82) is 0 Å². The first-order chi connectivity index (χ1) is 6.35. The molecule has 1 heterocycles. The van der Waals surface area contributed by atoms with Gasteiger partial charge in [-0.2, -0.15) is 0 Å². The molecular formula is C10H13NOS. The Bertz CT molecular complexity index is 314. The van der Waals surface area contributed by atoms with E-state index in [4.69, 9.17) is 4.74 Å². The largest absolute Gasteiger partial charge is 0.497 e. The van der Waals surface area contributed by atoms with Crippen LogP contribution in [0.5, 0.6) is 5.75 Å². The first-order valence-corrected chi connectivity index (χ1v) is 5.39. The molecule has 13 heavy (non-hydrogen) atoms. The van der Waals surface area contributed by atoms with Gasteiger partial charge in [0.05, 0.1) is 18.7 Å². The Labute approximate surface area is 82.9 Å². The molecule has 0 aliphatic carbocycles. The lowest BCUT2D eigenvalue weighted by Crippen LogP contribution is -2.17. The molecule has 0 aromatic heterocycles. The van der Waals surface area contributed by atoms with Crippen molar-refractivity contribution in [1.82, 2.24) is 0 Å². The van der Waals surface area contributed by atoms with Gasteiger partial charge >= 0.3 is 0 Å². The molecule has 1 aliphatic rings. The first kappa shape index (κ1) is 8.75. The van der Waals surface area contributed by atoms with Crippen LogP contribution < -0.4 is 9.64 Å². The second kappa shape index (κ2) is 3.50. The number of methoxy groups -OCH3 is 1. The van der Waals surface area contributed by atoms with E-state index < -0.39 is 0 Å². The summed E-state index contributed by atoms with van der Waals surface area (Å²) >= 11 is 1.89. The molecule has 0 N–H and O–H groups in total. The number of anilines is 1. The molecule has 2 rings (SSSR count). The van der Waals surface area contributed by atoms with Crippen LogP contribution in [-0.4, -0.2) is 19.5 Å². The highest BCUT2D eigenvalue weighted by atomic mass is 32.2. The smallest absolute Gasteiger partial charge is 0.121 e. The monoisotopic (exact) mass is 195 g/mol. The molecule has 1 aliphatic heterocycles. The van der Waals surface area contributed by atoms with Gasteiger partial charge in [-0.25, -0.2) is 0 Å². The fourth-order valence-corrected chi connectivity index (χ4v) is 2.59. The fraction of sp³-hybridized carbons (Fsp3) is 0.400. The molecule has 0 fully saturated rings. The number of nitrogens with zero attached hydrogens (tertiary/aromatic N) is 1. The molecule has 0 saturated carbocycles. The number of thioether (sulfide) groups is 1. The van der Waals surface area contributed by atoms with Gasteiger partial charge in [0.2, 0.25) is 0 Å². The molecule has 70 valence electrons. The molecule has 2 nitrogen and oxygen atoms in total. The molecule has 3 heteroatoms. The standard InChI is InChI=1S/C10H13NOS/c1-3-11-7-13-10-5-4-8(12-2)6-9(10)11/h4-6H,3,7H2,1-2H3. The van der Waals surface area contributed by atoms with E-state index >= 15 is 0 Å². The molecule has 0 unspecified atom stereocenters. The summed E-state index contributed by atoms with van der Waals surface area (Å²) in [4.78, 5) is 3.71. The van der Waals surface area contributed by atoms with Crippen molar-refractivity contribution in [2.45, 2.75) is 11.8 Å². The van der Waals surface area contributed by atoms with Crippen LogP contribution in [0, 0.1) is 0 Å². The van der Waals surface area contributed by atoms with Crippen molar-refractivity contribution in [2.75, 3.05) is 24.4 Å². The van der Waals surface area contributed by atoms with Gasteiger partial charge in [-0.3, -0.25) is 0 Å². The van der Waals surface area contributed by atoms with Gasteiger partial charge in [0.15, 0.2) is 0 Å². The van der Waals surface area contributed by atoms with Crippen molar-refractivity contribution in [3.8, 4) is 5.75 Å². The summed E-state index contributed by atoms with van der Waals surface area (Å²) in [5.41, 5.74) is 1.31. The normalized spacial score (nSPS) is 14.5. The molecular weight excluding hydrogens is 182 g/mol. The molecule has 0 spiro atoms. The van der Waals surface area contributed by atoms with E-state index in [2.05, 4.69) is 24.0 Å². The fourth-order valence-electron chi connectivity index (χ4n) is 1.47. The minimum atomic E-state index is 0.944. The van der Waals surface area contributed by atoms with Crippen LogP contribution in [0.4, 0.5) is 5.69 Å². The van der Waals surface area contributed by atoms with Gasteiger partial charge in [-0.15, -0.1) is 11.8 Å². The molecule has 0 saturated heterocycles.